The predicted octanol–water partition coefficient (Wildman–Crippen LogP) is 4.38. The van der Waals surface area contributed by atoms with E-state index in [1.807, 2.05) is 0 Å². The van der Waals surface area contributed by atoms with Crippen LogP contribution in [-0.2, 0) is 10.0 Å². The molecule has 0 aliphatic rings. The van der Waals surface area contributed by atoms with Crippen LogP contribution in [0, 0.1) is 0 Å². The molecular weight excluding hydrogens is 420 g/mol. The molecular formula is C18H25ClN4O3S2. The van der Waals surface area contributed by atoms with Crippen molar-refractivity contribution in [3.63, 3.8) is 0 Å². The van der Waals surface area contributed by atoms with E-state index in [1.54, 1.807) is 13.8 Å². The fourth-order valence-electron chi connectivity index (χ4n) is 2.54. The van der Waals surface area contributed by atoms with Gasteiger partial charge in [0.25, 0.3) is 5.91 Å². The number of halogens is 1. The van der Waals surface area contributed by atoms with Crippen LogP contribution in [0.25, 0.3) is 0 Å². The van der Waals surface area contributed by atoms with Gasteiger partial charge in [0.15, 0.2) is 0 Å². The van der Waals surface area contributed by atoms with E-state index in [0.29, 0.717) is 11.0 Å². The Hall–Kier alpha value is -1.55. The first kappa shape index (κ1) is 22.7. The summed E-state index contributed by atoms with van der Waals surface area (Å²) in [5, 5.41) is 12.2. The molecule has 154 valence electrons. The first-order valence-electron chi connectivity index (χ1n) is 9.04. The largest absolute Gasteiger partial charge is 0.296 e. The van der Waals surface area contributed by atoms with Gasteiger partial charge in [0.2, 0.25) is 15.2 Å². The van der Waals surface area contributed by atoms with Crippen molar-refractivity contribution in [1.29, 1.82) is 0 Å². The summed E-state index contributed by atoms with van der Waals surface area (Å²) in [4.78, 5) is 12.7. The first-order valence-corrected chi connectivity index (χ1v) is 11.7. The number of rotatable bonds is 8. The highest BCUT2D eigenvalue weighted by Gasteiger charge is 2.25. The minimum absolute atomic E-state index is 0.00762. The molecule has 1 N–H and O–H groups in total. The van der Waals surface area contributed by atoms with Crippen molar-refractivity contribution < 1.29 is 13.2 Å². The number of aromatic nitrogens is 2. The topological polar surface area (TPSA) is 92.3 Å². The maximum absolute atomic E-state index is 12.7. The van der Waals surface area contributed by atoms with Crippen molar-refractivity contribution in [1.82, 2.24) is 14.5 Å². The third-order valence-corrected chi connectivity index (χ3v) is 7.94. The Labute approximate surface area is 175 Å². The second-order valence-electron chi connectivity index (χ2n) is 6.67. The summed E-state index contributed by atoms with van der Waals surface area (Å²) in [6.45, 7) is 7.70. The van der Waals surface area contributed by atoms with E-state index in [1.165, 1.54) is 40.9 Å². The number of carbonyl (C=O) groups is 1. The number of anilines is 1. The van der Waals surface area contributed by atoms with Crippen molar-refractivity contribution >= 4 is 44.0 Å². The lowest BCUT2D eigenvalue weighted by Crippen LogP contribution is -2.33. The molecule has 10 heteroatoms. The Morgan fingerprint density at radius 1 is 1.25 bits per heavy atom. The third kappa shape index (κ3) is 4.89. The predicted molar refractivity (Wildman–Crippen MR) is 113 cm³/mol. The Bertz CT molecular complexity index is 940. The molecule has 1 aromatic heterocycles. The molecule has 0 aliphatic carbocycles. The monoisotopic (exact) mass is 444 g/mol. The Kier molecular flexibility index (Phi) is 7.55. The number of nitrogens with zero attached hydrogens (tertiary/aromatic N) is 3. The number of benzene rings is 1. The van der Waals surface area contributed by atoms with E-state index in [9.17, 15) is 13.2 Å². The average molecular weight is 445 g/mol. The molecule has 1 aromatic carbocycles. The standard InChI is InChI=1S/C18H25ClN4O3S2/c1-6-12(7-2)17-21-22-18(27-17)20-16(24)14-10-13(8-9-15(14)19)28(25,26)23(5)11(3)4/h8-12H,6-7H2,1-5H3,(H,20,22,24). The van der Waals surface area contributed by atoms with E-state index in [4.69, 9.17) is 11.6 Å². The van der Waals surface area contributed by atoms with Crippen LogP contribution in [-0.4, -0.2) is 41.9 Å². The van der Waals surface area contributed by atoms with Crippen LogP contribution < -0.4 is 5.32 Å². The number of carbonyl (C=O) groups excluding carboxylic acids is 1. The smallest absolute Gasteiger partial charge is 0.259 e. The van der Waals surface area contributed by atoms with Gasteiger partial charge in [0.05, 0.1) is 15.5 Å². The quantitative estimate of drug-likeness (QED) is 0.652. The van der Waals surface area contributed by atoms with Gasteiger partial charge in [-0.1, -0.05) is 36.8 Å². The highest BCUT2D eigenvalue weighted by Crippen LogP contribution is 2.29. The molecule has 0 fully saturated rings. The molecule has 0 saturated heterocycles. The molecule has 0 atom stereocenters. The zero-order valence-electron chi connectivity index (χ0n) is 16.6. The van der Waals surface area contributed by atoms with Crippen LogP contribution >= 0.6 is 22.9 Å². The number of amides is 1. The molecule has 2 rings (SSSR count). The van der Waals surface area contributed by atoms with Gasteiger partial charge in [0, 0.05) is 19.0 Å². The van der Waals surface area contributed by atoms with Gasteiger partial charge in [-0.2, -0.15) is 4.31 Å². The second-order valence-corrected chi connectivity index (χ2v) is 10.1. The van der Waals surface area contributed by atoms with Crippen molar-refractivity contribution in [2.75, 3.05) is 12.4 Å². The van der Waals surface area contributed by atoms with Crippen molar-refractivity contribution in [3.8, 4) is 0 Å². The van der Waals surface area contributed by atoms with Crippen molar-refractivity contribution in [2.45, 2.75) is 57.4 Å². The van der Waals surface area contributed by atoms with Crippen LogP contribution in [0.15, 0.2) is 23.1 Å². The highest BCUT2D eigenvalue weighted by molar-refractivity contribution is 7.89. The lowest BCUT2D eigenvalue weighted by atomic mass is 10.1. The van der Waals surface area contributed by atoms with Crippen molar-refractivity contribution in [2.24, 2.45) is 0 Å². The molecule has 0 spiro atoms. The fourth-order valence-corrected chi connectivity index (χ4v) is 5.14. The lowest BCUT2D eigenvalue weighted by Gasteiger charge is -2.21. The maximum atomic E-state index is 12.7. The van der Waals surface area contributed by atoms with Gasteiger partial charge in [-0.05, 0) is 44.9 Å². The van der Waals surface area contributed by atoms with Gasteiger partial charge in [-0.3, -0.25) is 10.1 Å². The van der Waals surface area contributed by atoms with Crippen LogP contribution in [0.2, 0.25) is 5.02 Å². The summed E-state index contributed by atoms with van der Waals surface area (Å²) in [5.74, 6) is -0.228. The first-order chi connectivity index (χ1) is 13.1. The molecule has 2 aromatic rings. The van der Waals surface area contributed by atoms with Crippen molar-refractivity contribution in [3.05, 3.63) is 33.8 Å². The molecule has 0 bridgehead atoms. The fraction of sp³-hybridized carbons (Fsp3) is 0.500. The van der Waals surface area contributed by atoms with E-state index in [-0.39, 0.29) is 21.5 Å². The third-order valence-electron chi connectivity index (χ3n) is 4.58. The summed E-state index contributed by atoms with van der Waals surface area (Å²) in [7, 11) is -2.23. The molecule has 0 saturated carbocycles. The SMILES string of the molecule is CCC(CC)c1nnc(NC(=O)c2cc(S(=O)(=O)N(C)C(C)C)ccc2Cl)s1. The summed E-state index contributed by atoms with van der Waals surface area (Å²) in [6.07, 6.45) is 1.88. The van der Waals surface area contributed by atoms with E-state index < -0.39 is 15.9 Å². The van der Waals surface area contributed by atoms with Crippen LogP contribution in [0.3, 0.4) is 0 Å². The maximum Gasteiger partial charge on any atom is 0.259 e. The van der Waals surface area contributed by atoms with E-state index in [0.717, 1.165) is 17.8 Å². The van der Waals surface area contributed by atoms with Gasteiger partial charge in [-0.25, -0.2) is 8.42 Å². The number of hydrogen-bond acceptors (Lipinski definition) is 6. The van der Waals surface area contributed by atoms with Crippen LogP contribution in [0.4, 0.5) is 5.13 Å². The number of hydrogen-bond donors (Lipinski definition) is 1. The Morgan fingerprint density at radius 3 is 2.46 bits per heavy atom. The Morgan fingerprint density at radius 2 is 1.89 bits per heavy atom. The molecule has 0 radical (unpaired) electrons. The normalized spacial score (nSPS) is 12.2. The molecule has 1 heterocycles. The second kappa shape index (κ2) is 9.30. The van der Waals surface area contributed by atoms with Gasteiger partial charge in [0.1, 0.15) is 5.01 Å². The number of sulfonamides is 1. The highest BCUT2D eigenvalue weighted by atomic mass is 35.5. The Balaban J connectivity index is 2.29. The summed E-state index contributed by atoms with van der Waals surface area (Å²) in [5.41, 5.74) is 0.0687. The minimum atomic E-state index is -3.73. The number of nitrogens with one attached hydrogen (secondary N) is 1. The molecule has 1 amide bonds. The van der Waals surface area contributed by atoms with Gasteiger partial charge >= 0.3 is 0 Å². The molecule has 0 unspecified atom stereocenters. The average Bonchev–Trinajstić information content (AvgIpc) is 3.10. The summed E-state index contributed by atoms with van der Waals surface area (Å²) in [6, 6.07) is 3.87. The van der Waals surface area contributed by atoms with Gasteiger partial charge in [-0.15, -0.1) is 10.2 Å². The zero-order chi connectivity index (χ0) is 21.1. The minimum Gasteiger partial charge on any atom is -0.296 e. The molecule has 7 nitrogen and oxygen atoms in total. The zero-order valence-corrected chi connectivity index (χ0v) is 19.0. The summed E-state index contributed by atoms with van der Waals surface area (Å²) >= 11 is 7.46. The molecule has 28 heavy (non-hydrogen) atoms. The van der Waals surface area contributed by atoms with Crippen LogP contribution in [0.5, 0.6) is 0 Å². The lowest BCUT2D eigenvalue weighted by molar-refractivity contribution is 0.102. The van der Waals surface area contributed by atoms with Crippen LogP contribution in [0.1, 0.15) is 61.8 Å². The molecule has 0 aliphatic heterocycles. The van der Waals surface area contributed by atoms with Gasteiger partial charge < -0.3 is 0 Å². The summed E-state index contributed by atoms with van der Waals surface area (Å²) < 4.78 is 26.6. The van der Waals surface area contributed by atoms with E-state index in [2.05, 4.69) is 29.4 Å². The van der Waals surface area contributed by atoms with E-state index >= 15 is 0 Å².